The van der Waals surface area contributed by atoms with E-state index in [1.807, 2.05) is 36.7 Å². The number of aromatic nitrogens is 3. The number of benzene rings is 2. The van der Waals surface area contributed by atoms with Crippen molar-refractivity contribution in [1.29, 1.82) is 0 Å². The van der Waals surface area contributed by atoms with Gasteiger partial charge >= 0.3 is 0 Å². The van der Waals surface area contributed by atoms with Gasteiger partial charge in [0, 0.05) is 16.4 Å². The van der Waals surface area contributed by atoms with Gasteiger partial charge in [-0.15, -0.1) is 0 Å². The molecule has 4 rings (SSSR count). The Morgan fingerprint density at radius 2 is 2.09 bits per heavy atom. The molecule has 0 aliphatic heterocycles. The number of pyridine rings is 1. The molecule has 2 aromatic carbocycles. The lowest BCUT2D eigenvalue weighted by Crippen LogP contribution is -2.05. The predicted molar refractivity (Wildman–Crippen MR) is 93.4 cm³/mol. The SMILES string of the molecule is CCCn1cnc2c3c(=O)c4ccc(Br)cc4[nH]c3ccc21. The maximum Gasteiger partial charge on any atom is 0.199 e. The molecule has 22 heavy (non-hydrogen) atoms. The fourth-order valence-corrected chi connectivity index (χ4v) is 3.34. The molecule has 0 atom stereocenters. The van der Waals surface area contributed by atoms with Crippen molar-refractivity contribution in [3.63, 3.8) is 0 Å². The standard InChI is InChI=1S/C17H14BrN3O/c1-2-7-21-9-19-16-14(21)6-5-12-15(16)17(22)11-4-3-10(18)8-13(11)20-12/h3-6,8-9H,2,7H2,1H3,(H,20,22). The molecule has 1 N–H and O–H groups in total. The number of fused-ring (bicyclic) bond motifs is 4. The van der Waals surface area contributed by atoms with Crippen LogP contribution in [0.4, 0.5) is 0 Å². The zero-order valence-corrected chi connectivity index (χ0v) is 13.6. The first-order chi connectivity index (χ1) is 10.7. The van der Waals surface area contributed by atoms with E-state index in [1.165, 1.54) is 0 Å². The monoisotopic (exact) mass is 355 g/mol. The van der Waals surface area contributed by atoms with Crippen molar-refractivity contribution in [1.82, 2.24) is 14.5 Å². The topological polar surface area (TPSA) is 50.7 Å². The van der Waals surface area contributed by atoms with Gasteiger partial charge in [0.25, 0.3) is 0 Å². The summed E-state index contributed by atoms with van der Waals surface area (Å²) in [5, 5.41) is 1.36. The van der Waals surface area contributed by atoms with E-state index in [0.29, 0.717) is 10.8 Å². The van der Waals surface area contributed by atoms with Gasteiger partial charge in [-0.1, -0.05) is 22.9 Å². The van der Waals surface area contributed by atoms with Gasteiger partial charge in [0.2, 0.25) is 0 Å². The fourth-order valence-electron chi connectivity index (χ4n) is 2.98. The lowest BCUT2D eigenvalue weighted by molar-refractivity contribution is 0.697. The highest BCUT2D eigenvalue weighted by Gasteiger charge is 2.12. The van der Waals surface area contributed by atoms with Crippen molar-refractivity contribution in [3.8, 4) is 0 Å². The van der Waals surface area contributed by atoms with E-state index in [9.17, 15) is 4.79 Å². The molecule has 0 radical (unpaired) electrons. The Bertz CT molecular complexity index is 1080. The van der Waals surface area contributed by atoms with Gasteiger partial charge in [-0.3, -0.25) is 4.79 Å². The van der Waals surface area contributed by atoms with Crippen LogP contribution in [0.25, 0.3) is 32.8 Å². The first-order valence-electron chi connectivity index (χ1n) is 7.28. The number of aryl methyl sites for hydroxylation is 1. The molecule has 0 saturated carbocycles. The third kappa shape index (κ3) is 1.89. The Morgan fingerprint density at radius 1 is 1.23 bits per heavy atom. The Balaban J connectivity index is 2.17. The van der Waals surface area contributed by atoms with Crippen LogP contribution in [0, 0.1) is 0 Å². The quantitative estimate of drug-likeness (QED) is 0.547. The van der Waals surface area contributed by atoms with Gasteiger partial charge in [0.1, 0.15) is 5.52 Å². The predicted octanol–water partition coefficient (Wildman–Crippen LogP) is 4.20. The molecule has 0 amide bonds. The average Bonchev–Trinajstić information content (AvgIpc) is 2.90. The summed E-state index contributed by atoms with van der Waals surface area (Å²) < 4.78 is 3.04. The Kier molecular flexibility index (Phi) is 3.04. The van der Waals surface area contributed by atoms with E-state index in [2.05, 4.69) is 37.4 Å². The van der Waals surface area contributed by atoms with E-state index in [-0.39, 0.29) is 5.43 Å². The van der Waals surface area contributed by atoms with Crippen LogP contribution in [0.1, 0.15) is 13.3 Å². The molecule has 0 aliphatic rings. The number of imidazole rings is 1. The van der Waals surface area contributed by atoms with Crippen molar-refractivity contribution in [3.05, 3.63) is 51.4 Å². The van der Waals surface area contributed by atoms with Crippen LogP contribution in [-0.4, -0.2) is 14.5 Å². The number of nitrogens with one attached hydrogen (secondary N) is 1. The smallest absolute Gasteiger partial charge is 0.199 e. The third-order valence-electron chi connectivity index (χ3n) is 3.98. The molecule has 4 nitrogen and oxygen atoms in total. The van der Waals surface area contributed by atoms with E-state index in [1.54, 1.807) is 0 Å². The lowest BCUT2D eigenvalue weighted by Gasteiger charge is -2.05. The summed E-state index contributed by atoms with van der Waals surface area (Å²) in [5.74, 6) is 0. The number of nitrogens with zero attached hydrogens (tertiary/aromatic N) is 2. The molecule has 5 heteroatoms. The van der Waals surface area contributed by atoms with Crippen LogP contribution in [0.5, 0.6) is 0 Å². The molecule has 4 aromatic rings. The highest BCUT2D eigenvalue weighted by atomic mass is 79.9. The zero-order chi connectivity index (χ0) is 15.3. The normalized spacial score (nSPS) is 11.7. The second-order valence-electron chi connectivity index (χ2n) is 5.44. The summed E-state index contributed by atoms with van der Waals surface area (Å²) in [6, 6.07) is 9.65. The number of aromatic amines is 1. The van der Waals surface area contributed by atoms with Crippen LogP contribution < -0.4 is 5.43 Å². The first kappa shape index (κ1) is 13.5. The van der Waals surface area contributed by atoms with Crippen LogP contribution in [0.15, 0.2) is 45.9 Å². The molecule has 0 spiro atoms. The van der Waals surface area contributed by atoms with E-state index < -0.39 is 0 Å². The minimum atomic E-state index is 0.0311. The van der Waals surface area contributed by atoms with E-state index in [4.69, 9.17) is 0 Å². The molecule has 0 bridgehead atoms. The zero-order valence-electron chi connectivity index (χ0n) is 12.1. The van der Waals surface area contributed by atoms with Crippen LogP contribution in [0.2, 0.25) is 0 Å². The Morgan fingerprint density at radius 3 is 2.91 bits per heavy atom. The second kappa shape index (κ2) is 4.95. The number of H-pyrrole nitrogens is 1. The summed E-state index contributed by atoms with van der Waals surface area (Å²) in [4.78, 5) is 20.7. The molecule has 110 valence electrons. The Labute approximate surface area is 134 Å². The number of rotatable bonds is 2. The molecule has 0 saturated heterocycles. The van der Waals surface area contributed by atoms with Gasteiger partial charge in [0.15, 0.2) is 5.43 Å². The lowest BCUT2D eigenvalue weighted by atomic mass is 10.1. The van der Waals surface area contributed by atoms with Crippen LogP contribution in [0.3, 0.4) is 0 Å². The molecule has 2 aromatic heterocycles. The second-order valence-corrected chi connectivity index (χ2v) is 6.35. The maximum atomic E-state index is 12.9. The number of hydrogen-bond acceptors (Lipinski definition) is 2. The average molecular weight is 356 g/mol. The van der Waals surface area contributed by atoms with Crippen molar-refractivity contribution in [2.24, 2.45) is 0 Å². The number of hydrogen-bond donors (Lipinski definition) is 1. The summed E-state index contributed by atoms with van der Waals surface area (Å²) in [6.07, 6.45) is 2.85. The maximum absolute atomic E-state index is 12.9. The van der Waals surface area contributed by atoms with Gasteiger partial charge in [-0.2, -0.15) is 0 Å². The molecular weight excluding hydrogens is 342 g/mol. The fraction of sp³-hybridized carbons (Fsp3) is 0.176. The molecule has 0 fully saturated rings. The largest absolute Gasteiger partial charge is 0.354 e. The summed E-state index contributed by atoms with van der Waals surface area (Å²) in [7, 11) is 0. The first-order valence-corrected chi connectivity index (χ1v) is 8.07. The summed E-state index contributed by atoms with van der Waals surface area (Å²) in [6.45, 7) is 3.03. The summed E-state index contributed by atoms with van der Waals surface area (Å²) >= 11 is 3.44. The minimum Gasteiger partial charge on any atom is -0.354 e. The third-order valence-corrected chi connectivity index (χ3v) is 4.47. The van der Waals surface area contributed by atoms with Gasteiger partial charge in [-0.05, 0) is 36.8 Å². The molecule has 0 unspecified atom stereocenters. The Hall–Kier alpha value is -2.14. The van der Waals surface area contributed by atoms with E-state index >= 15 is 0 Å². The molecular formula is C17H14BrN3O. The van der Waals surface area contributed by atoms with Gasteiger partial charge in [-0.25, -0.2) is 4.98 Å². The van der Waals surface area contributed by atoms with Crippen LogP contribution in [-0.2, 0) is 6.54 Å². The minimum absolute atomic E-state index is 0.0311. The van der Waals surface area contributed by atoms with Crippen LogP contribution >= 0.6 is 15.9 Å². The van der Waals surface area contributed by atoms with Gasteiger partial charge in [0.05, 0.1) is 28.3 Å². The van der Waals surface area contributed by atoms with E-state index in [0.717, 1.165) is 39.5 Å². The van der Waals surface area contributed by atoms with Crippen molar-refractivity contribution in [2.45, 2.75) is 19.9 Å². The molecule has 0 aliphatic carbocycles. The number of halogens is 1. The summed E-state index contributed by atoms with van der Waals surface area (Å²) in [5.41, 5.74) is 3.47. The van der Waals surface area contributed by atoms with Crippen molar-refractivity contribution < 1.29 is 0 Å². The van der Waals surface area contributed by atoms with Crippen molar-refractivity contribution >= 4 is 48.8 Å². The van der Waals surface area contributed by atoms with Gasteiger partial charge < -0.3 is 9.55 Å². The van der Waals surface area contributed by atoms with Crippen molar-refractivity contribution in [2.75, 3.05) is 0 Å². The highest BCUT2D eigenvalue weighted by Crippen LogP contribution is 2.24. The highest BCUT2D eigenvalue weighted by molar-refractivity contribution is 9.10. The molecule has 2 heterocycles.